The van der Waals surface area contributed by atoms with Crippen molar-refractivity contribution in [2.24, 2.45) is 23.5 Å². The second kappa shape index (κ2) is 6.50. The average Bonchev–Trinajstić information content (AvgIpc) is 2.82. The van der Waals surface area contributed by atoms with Crippen LogP contribution >= 0.6 is 0 Å². The van der Waals surface area contributed by atoms with E-state index in [2.05, 4.69) is 5.32 Å². The van der Waals surface area contributed by atoms with Gasteiger partial charge >= 0.3 is 0 Å². The molecule has 0 spiro atoms. The van der Waals surface area contributed by atoms with Crippen LogP contribution in [0.15, 0.2) is 0 Å². The van der Waals surface area contributed by atoms with Crippen LogP contribution in [0, 0.1) is 17.8 Å². The number of amides is 1. The molecule has 0 aromatic rings. The van der Waals surface area contributed by atoms with Crippen molar-refractivity contribution in [3.8, 4) is 0 Å². The van der Waals surface area contributed by atoms with Gasteiger partial charge in [0.15, 0.2) is 0 Å². The van der Waals surface area contributed by atoms with Crippen molar-refractivity contribution in [1.29, 1.82) is 0 Å². The summed E-state index contributed by atoms with van der Waals surface area (Å²) in [4.78, 5) is 12.0. The van der Waals surface area contributed by atoms with Crippen LogP contribution in [0.2, 0.25) is 0 Å². The SMILES string of the molecule is NC1COCC1C(=O)NCC1CCCCC1CO. The molecule has 1 aliphatic carbocycles. The summed E-state index contributed by atoms with van der Waals surface area (Å²) in [7, 11) is 0. The highest BCUT2D eigenvalue weighted by Crippen LogP contribution is 2.29. The van der Waals surface area contributed by atoms with E-state index in [-0.39, 0.29) is 24.5 Å². The number of hydrogen-bond acceptors (Lipinski definition) is 4. The van der Waals surface area contributed by atoms with E-state index in [1.165, 1.54) is 12.8 Å². The average molecular weight is 256 g/mol. The van der Waals surface area contributed by atoms with E-state index in [4.69, 9.17) is 10.5 Å². The Morgan fingerprint density at radius 2 is 2.00 bits per heavy atom. The second-order valence-electron chi connectivity index (χ2n) is 5.54. The third-order valence-electron chi connectivity index (χ3n) is 4.30. The van der Waals surface area contributed by atoms with Crippen molar-refractivity contribution in [1.82, 2.24) is 5.32 Å². The molecular formula is C13H24N2O3. The zero-order valence-corrected chi connectivity index (χ0v) is 10.8. The minimum Gasteiger partial charge on any atom is -0.396 e. The third-order valence-corrected chi connectivity index (χ3v) is 4.30. The fraction of sp³-hybridized carbons (Fsp3) is 0.923. The van der Waals surface area contributed by atoms with E-state index in [1.807, 2.05) is 0 Å². The maximum absolute atomic E-state index is 12.0. The zero-order valence-electron chi connectivity index (χ0n) is 10.8. The van der Waals surface area contributed by atoms with Crippen LogP contribution in [0.25, 0.3) is 0 Å². The highest BCUT2D eigenvalue weighted by atomic mass is 16.5. The van der Waals surface area contributed by atoms with Gasteiger partial charge in [0.25, 0.3) is 0 Å². The predicted octanol–water partition coefficient (Wildman–Crippen LogP) is -0.125. The van der Waals surface area contributed by atoms with Gasteiger partial charge in [-0.05, 0) is 24.7 Å². The number of ether oxygens (including phenoxy) is 1. The summed E-state index contributed by atoms with van der Waals surface area (Å²) in [5.41, 5.74) is 5.82. The van der Waals surface area contributed by atoms with E-state index in [0.29, 0.717) is 31.6 Å². The van der Waals surface area contributed by atoms with Gasteiger partial charge in [-0.25, -0.2) is 0 Å². The Morgan fingerprint density at radius 3 is 2.61 bits per heavy atom. The normalized spacial score (nSPS) is 36.6. The molecule has 2 rings (SSSR count). The molecule has 0 aromatic heterocycles. The van der Waals surface area contributed by atoms with Crippen molar-refractivity contribution in [2.75, 3.05) is 26.4 Å². The van der Waals surface area contributed by atoms with Gasteiger partial charge in [-0.15, -0.1) is 0 Å². The van der Waals surface area contributed by atoms with Gasteiger partial charge < -0.3 is 20.9 Å². The summed E-state index contributed by atoms with van der Waals surface area (Å²) in [6.45, 7) is 1.79. The first-order valence-electron chi connectivity index (χ1n) is 6.94. The Morgan fingerprint density at radius 1 is 1.28 bits per heavy atom. The monoisotopic (exact) mass is 256 g/mol. The maximum atomic E-state index is 12.0. The Balaban J connectivity index is 1.77. The van der Waals surface area contributed by atoms with Crippen molar-refractivity contribution >= 4 is 5.91 Å². The molecule has 104 valence electrons. The van der Waals surface area contributed by atoms with E-state index < -0.39 is 0 Å². The lowest BCUT2D eigenvalue weighted by molar-refractivity contribution is -0.125. The first kappa shape index (κ1) is 13.8. The smallest absolute Gasteiger partial charge is 0.227 e. The first-order valence-corrected chi connectivity index (χ1v) is 6.94. The molecule has 4 atom stereocenters. The number of carbonyl (C=O) groups excluding carboxylic acids is 1. The molecule has 2 aliphatic rings. The molecule has 5 heteroatoms. The summed E-state index contributed by atoms with van der Waals surface area (Å²) in [5, 5.41) is 12.3. The third kappa shape index (κ3) is 3.22. The van der Waals surface area contributed by atoms with Crippen LogP contribution < -0.4 is 11.1 Å². The maximum Gasteiger partial charge on any atom is 0.227 e. The molecule has 0 aromatic carbocycles. The molecule has 18 heavy (non-hydrogen) atoms. The van der Waals surface area contributed by atoms with Gasteiger partial charge in [-0.3, -0.25) is 4.79 Å². The number of aliphatic hydroxyl groups is 1. The Labute approximate surface area is 108 Å². The van der Waals surface area contributed by atoms with Crippen LogP contribution in [-0.2, 0) is 9.53 Å². The number of carbonyl (C=O) groups is 1. The van der Waals surface area contributed by atoms with Gasteiger partial charge in [-0.1, -0.05) is 12.8 Å². The Bertz CT molecular complexity index is 285. The number of aliphatic hydroxyl groups excluding tert-OH is 1. The number of rotatable bonds is 4. The molecule has 1 saturated heterocycles. The van der Waals surface area contributed by atoms with Crippen LogP contribution in [-0.4, -0.2) is 43.4 Å². The van der Waals surface area contributed by atoms with Gasteiger partial charge in [0, 0.05) is 19.2 Å². The fourth-order valence-corrected chi connectivity index (χ4v) is 3.00. The summed E-state index contributed by atoms with van der Waals surface area (Å²) >= 11 is 0. The van der Waals surface area contributed by atoms with Crippen molar-refractivity contribution in [3.05, 3.63) is 0 Å². The van der Waals surface area contributed by atoms with Gasteiger partial charge in [0.05, 0.1) is 19.1 Å². The molecule has 1 aliphatic heterocycles. The largest absolute Gasteiger partial charge is 0.396 e. The molecule has 1 amide bonds. The van der Waals surface area contributed by atoms with Gasteiger partial charge in [-0.2, -0.15) is 0 Å². The number of hydrogen-bond donors (Lipinski definition) is 3. The molecule has 0 bridgehead atoms. The Hall–Kier alpha value is -0.650. The van der Waals surface area contributed by atoms with Gasteiger partial charge in [0.1, 0.15) is 0 Å². The quantitative estimate of drug-likeness (QED) is 0.654. The van der Waals surface area contributed by atoms with Crippen LogP contribution in [0.3, 0.4) is 0 Å². The summed E-state index contributed by atoms with van der Waals surface area (Å²) in [5.74, 6) is 0.544. The molecular weight excluding hydrogens is 232 g/mol. The van der Waals surface area contributed by atoms with Gasteiger partial charge in [0.2, 0.25) is 5.91 Å². The molecule has 1 heterocycles. The molecule has 2 fully saturated rings. The van der Waals surface area contributed by atoms with Crippen LogP contribution in [0.4, 0.5) is 0 Å². The first-order chi connectivity index (χ1) is 8.72. The zero-order chi connectivity index (χ0) is 13.0. The predicted molar refractivity (Wildman–Crippen MR) is 67.8 cm³/mol. The van der Waals surface area contributed by atoms with E-state index in [1.54, 1.807) is 0 Å². The summed E-state index contributed by atoms with van der Waals surface area (Å²) < 4.78 is 5.20. The highest BCUT2D eigenvalue weighted by Gasteiger charge is 2.32. The standard InChI is InChI=1S/C13H24N2O3/c14-12-8-18-7-11(12)13(17)15-5-9-3-1-2-4-10(9)6-16/h9-12,16H,1-8,14H2,(H,15,17). The van der Waals surface area contributed by atoms with E-state index in [0.717, 1.165) is 12.8 Å². The topological polar surface area (TPSA) is 84.6 Å². The molecule has 5 nitrogen and oxygen atoms in total. The number of nitrogens with one attached hydrogen (secondary N) is 1. The minimum atomic E-state index is -0.207. The summed E-state index contributed by atoms with van der Waals surface area (Å²) in [6, 6.07) is -0.176. The van der Waals surface area contributed by atoms with Crippen molar-refractivity contribution in [3.63, 3.8) is 0 Å². The second-order valence-corrected chi connectivity index (χ2v) is 5.54. The highest BCUT2D eigenvalue weighted by molar-refractivity contribution is 5.79. The molecule has 4 N–H and O–H groups in total. The number of nitrogens with two attached hydrogens (primary N) is 1. The van der Waals surface area contributed by atoms with Crippen LogP contribution in [0.1, 0.15) is 25.7 Å². The lowest BCUT2D eigenvalue weighted by Crippen LogP contribution is -2.43. The molecule has 1 saturated carbocycles. The molecule has 0 radical (unpaired) electrons. The van der Waals surface area contributed by atoms with Crippen molar-refractivity contribution < 1.29 is 14.6 Å². The molecule has 4 unspecified atom stereocenters. The van der Waals surface area contributed by atoms with E-state index in [9.17, 15) is 9.90 Å². The van der Waals surface area contributed by atoms with E-state index >= 15 is 0 Å². The fourth-order valence-electron chi connectivity index (χ4n) is 3.00. The Kier molecular flexibility index (Phi) is 4.97. The minimum absolute atomic E-state index is 0.00210. The van der Waals surface area contributed by atoms with Crippen LogP contribution in [0.5, 0.6) is 0 Å². The van der Waals surface area contributed by atoms with Crippen molar-refractivity contribution in [2.45, 2.75) is 31.7 Å². The lowest BCUT2D eigenvalue weighted by Gasteiger charge is -2.30. The lowest BCUT2D eigenvalue weighted by atomic mass is 9.79. The summed E-state index contributed by atoms with van der Waals surface area (Å²) in [6.07, 6.45) is 4.56.